The van der Waals surface area contributed by atoms with Crippen molar-refractivity contribution in [2.75, 3.05) is 17.2 Å². The molecule has 0 aliphatic rings. The summed E-state index contributed by atoms with van der Waals surface area (Å²) in [6, 6.07) is 12.4. The van der Waals surface area contributed by atoms with E-state index in [2.05, 4.69) is 30.3 Å². The lowest BCUT2D eigenvalue weighted by Gasteiger charge is -2.13. The van der Waals surface area contributed by atoms with Crippen LogP contribution in [0, 0.1) is 5.82 Å². The fraction of sp³-hybridized carbons (Fsp3) is 0.120. The fourth-order valence-corrected chi connectivity index (χ4v) is 3.41. The molecule has 0 aliphatic carbocycles. The van der Waals surface area contributed by atoms with Crippen LogP contribution in [0.25, 0.3) is 11.4 Å². The van der Waals surface area contributed by atoms with Crippen molar-refractivity contribution >= 4 is 34.8 Å². The van der Waals surface area contributed by atoms with Gasteiger partial charge in [-0.2, -0.15) is 41.3 Å². The van der Waals surface area contributed by atoms with E-state index in [0.29, 0.717) is 0 Å². The Morgan fingerprint density at radius 2 is 1.60 bits per heavy atom. The number of nitrogens with zero attached hydrogens (tertiary/aromatic N) is 3. The molecule has 15 heteroatoms. The molecule has 0 saturated carbocycles. The summed E-state index contributed by atoms with van der Waals surface area (Å²) < 4.78 is 95.6. The van der Waals surface area contributed by atoms with Gasteiger partial charge in [-0.1, -0.05) is 29.8 Å². The van der Waals surface area contributed by atoms with Gasteiger partial charge in [0.15, 0.2) is 12.4 Å². The van der Waals surface area contributed by atoms with Crippen molar-refractivity contribution in [1.82, 2.24) is 15.0 Å². The van der Waals surface area contributed by atoms with Crippen LogP contribution < -0.4 is 15.4 Å². The van der Waals surface area contributed by atoms with Gasteiger partial charge in [-0.25, -0.2) is 4.39 Å². The van der Waals surface area contributed by atoms with E-state index in [1.54, 1.807) is 0 Å². The van der Waals surface area contributed by atoms with Crippen molar-refractivity contribution < 1.29 is 40.3 Å². The van der Waals surface area contributed by atoms with E-state index in [9.17, 15) is 35.5 Å². The number of aromatic nitrogens is 3. The highest BCUT2D eigenvalue weighted by Gasteiger charge is 2.31. The third kappa shape index (κ3) is 7.56. The predicted molar refractivity (Wildman–Crippen MR) is 131 cm³/mol. The lowest BCUT2D eigenvalue weighted by atomic mass is 10.1. The van der Waals surface area contributed by atoms with Gasteiger partial charge in [0.1, 0.15) is 5.82 Å². The lowest BCUT2D eigenvalue weighted by molar-refractivity contribution is -0.154. The van der Waals surface area contributed by atoms with E-state index < -0.39 is 48.2 Å². The molecule has 0 atom stereocenters. The maximum atomic E-state index is 13.4. The number of rotatable bonds is 7. The molecule has 0 unspecified atom stereocenters. The van der Waals surface area contributed by atoms with Crippen LogP contribution in [-0.4, -0.2) is 33.6 Å². The Hall–Kier alpha value is -4.46. The van der Waals surface area contributed by atoms with Crippen LogP contribution in [0.1, 0.15) is 15.9 Å². The molecule has 0 radical (unpaired) electrons. The zero-order chi connectivity index (χ0) is 29.1. The van der Waals surface area contributed by atoms with E-state index in [1.165, 1.54) is 36.4 Å². The smallest absolute Gasteiger partial charge is 0.422 e. The number of amides is 1. The van der Waals surface area contributed by atoms with Gasteiger partial charge in [0.2, 0.25) is 5.95 Å². The highest BCUT2D eigenvalue weighted by Crippen LogP contribution is 2.32. The third-order valence-corrected chi connectivity index (χ3v) is 5.28. The highest BCUT2D eigenvalue weighted by molar-refractivity contribution is 6.31. The number of alkyl halides is 6. The maximum Gasteiger partial charge on any atom is 0.422 e. The molecule has 0 spiro atoms. The monoisotopic (exact) mass is 585 g/mol. The average molecular weight is 586 g/mol. The first-order valence-corrected chi connectivity index (χ1v) is 11.4. The average Bonchev–Trinajstić information content (AvgIpc) is 2.88. The summed E-state index contributed by atoms with van der Waals surface area (Å²) >= 11 is 5.72. The van der Waals surface area contributed by atoms with E-state index in [1.807, 2.05) is 0 Å². The zero-order valence-electron chi connectivity index (χ0n) is 19.7. The second-order valence-electron chi connectivity index (χ2n) is 8.04. The van der Waals surface area contributed by atoms with Crippen LogP contribution in [0.5, 0.6) is 6.01 Å². The second-order valence-corrected chi connectivity index (χ2v) is 8.44. The Kier molecular flexibility index (Phi) is 8.09. The molecule has 4 aromatic rings. The summed E-state index contributed by atoms with van der Waals surface area (Å²) in [5.41, 5.74) is -0.652. The Morgan fingerprint density at radius 1 is 0.875 bits per heavy atom. The molecular formula is C25H15ClF7N5O2. The highest BCUT2D eigenvalue weighted by atomic mass is 35.5. The lowest BCUT2D eigenvalue weighted by Crippen LogP contribution is -2.20. The topological polar surface area (TPSA) is 89.0 Å². The van der Waals surface area contributed by atoms with Gasteiger partial charge in [0.05, 0.1) is 10.6 Å². The molecule has 0 bridgehead atoms. The molecule has 1 aromatic heterocycles. The number of anilines is 3. The number of ether oxygens (including phenoxy) is 1. The van der Waals surface area contributed by atoms with Gasteiger partial charge in [-0.05, 0) is 48.5 Å². The Morgan fingerprint density at radius 3 is 2.30 bits per heavy atom. The van der Waals surface area contributed by atoms with Crippen molar-refractivity contribution in [3.05, 3.63) is 88.7 Å². The number of hydrogen-bond acceptors (Lipinski definition) is 6. The van der Waals surface area contributed by atoms with E-state index in [-0.39, 0.29) is 33.3 Å². The number of benzene rings is 3. The van der Waals surface area contributed by atoms with Crippen molar-refractivity contribution in [2.24, 2.45) is 0 Å². The number of hydrogen-bond donors (Lipinski definition) is 2. The number of carbonyl (C=O) groups is 1. The van der Waals surface area contributed by atoms with Crippen molar-refractivity contribution in [3.63, 3.8) is 0 Å². The molecule has 1 heterocycles. The minimum Gasteiger partial charge on any atom is -0.454 e. The maximum absolute atomic E-state index is 13.4. The first-order chi connectivity index (χ1) is 18.8. The van der Waals surface area contributed by atoms with Gasteiger partial charge >= 0.3 is 18.4 Å². The van der Waals surface area contributed by atoms with E-state index >= 15 is 0 Å². The van der Waals surface area contributed by atoms with Crippen LogP contribution in [-0.2, 0) is 6.18 Å². The minimum absolute atomic E-state index is 0.0485. The first kappa shape index (κ1) is 28.5. The standard InChI is InChI=1S/C25H15ClF7N5O2/c26-18-10-14(7-8-19(18)27)21(39)34-16-5-1-3-13(9-16)20-36-22(38-23(37-20)40-12-24(28,29)30)35-17-6-2-4-15(11-17)25(31,32)33/h1-11H,12H2,(H,34,39)(H,35,36,37,38). The summed E-state index contributed by atoms with van der Waals surface area (Å²) in [4.78, 5) is 24.2. The molecule has 7 nitrogen and oxygen atoms in total. The summed E-state index contributed by atoms with van der Waals surface area (Å²) in [6.45, 7) is -1.74. The molecule has 1 amide bonds. The van der Waals surface area contributed by atoms with Gasteiger partial charge < -0.3 is 15.4 Å². The predicted octanol–water partition coefficient (Wildman–Crippen LogP) is 7.29. The summed E-state index contributed by atoms with van der Waals surface area (Å²) in [5, 5.41) is 4.80. The zero-order valence-corrected chi connectivity index (χ0v) is 20.5. The van der Waals surface area contributed by atoms with E-state index in [4.69, 9.17) is 11.6 Å². The molecule has 0 aliphatic heterocycles. The van der Waals surface area contributed by atoms with Crippen LogP contribution in [0.3, 0.4) is 0 Å². The molecule has 40 heavy (non-hydrogen) atoms. The molecule has 0 fully saturated rings. The van der Waals surface area contributed by atoms with Gasteiger partial charge in [0, 0.05) is 22.5 Å². The largest absolute Gasteiger partial charge is 0.454 e. The first-order valence-electron chi connectivity index (χ1n) is 11.0. The Bertz CT molecular complexity index is 1550. The van der Waals surface area contributed by atoms with Crippen molar-refractivity contribution in [2.45, 2.75) is 12.4 Å². The van der Waals surface area contributed by atoms with Gasteiger partial charge in [0.25, 0.3) is 5.91 Å². The molecular weight excluding hydrogens is 571 g/mol. The fourth-order valence-electron chi connectivity index (χ4n) is 3.23. The molecule has 4 rings (SSSR count). The number of carbonyl (C=O) groups excluding carboxylic acids is 1. The van der Waals surface area contributed by atoms with Crippen LogP contribution in [0.2, 0.25) is 5.02 Å². The molecule has 208 valence electrons. The summed E-state index contributed by atoms with van der Waals surface area (Å²) in [5.74, 6) is -1.98. The Labute approximate surface area is 226 Å². The summed E-state index contributed by atoms with van der Waals surface area (Å²) in [6.07, 6.45) is -9.37. The third-order valence-electron chi connectivity index (χ3n) is 4.99. The van der Waals surface area contributed by atoms with Crippen LogP contribution >= 0.6 is 11.6 Å². The molecule has 0 saturated heterocycles. The van der Waals surface area contributed by atoms with Gasteiger partial charge in [-0.3, -0.25) is 4.79 Å². The summed E-state index contributed by atoms with van der Waals surface area (Å²) in [7, 11) is 0. The van der Waals surface area contributed by atoms with Crippen molar-refractivity contribution in [1.29, 1.82) is 0 Å². The van der Waals surface area contributed by atoms with E-state index in [0.717, 1.165) is 30.3 Å². The molecule has 3 aromatic carbocycles. The van der Waals surface area contributed by atoms with Crippen molar-refractivity contribution in [3.8, 4) is 17.4 Å². The van der Waals surface area contributed by atoms with Crippen LogP contribution in [0.15, 0.2) is 66.7 Å². The number of nitrogens with one attached hydrogen (secondary N) is 2. The SMILES string of the molecule is O=C(Nc1cccc(-c2nc(Nc3cccc(C(F)(F)F)c3)nc(OCC(F)(F)F)n2)c1)c1ccc(F)c(Cl)c1. The second kappa shape index (κ2) is 11.3. The van der Waals surface area contributed by atoms with Crippen LogP contribution in [0.4, 0.5) is 48.1 Å². The van der Waals surface area contributed by atoms with Gasteiger partial charge in [-0.15, -0.1) is 0 Å². The molecule has 2 N–H and O–H groups in total. The quantitative estimate of drug-likeness (QED) is 0.222. The Balaban J connectivity index is 1.65. The minimum atomic E-state index is -4.73. The number of halogens is 8. The normalized spacial score (nSPS) is 11.7.